The zero-order valence-corrected chi connectivity index (χ0v) is 10.0. The highest BCUT2D eigenvalue weighted by atomic mass is 35.5. The maximum Gasteiger partial charge on any atom is 0.152 e. The molecule has 0 spiro atoms. The van der Waals surface area contributed by atoms with Crippen molar-refractivity contribution < 1.29 is 4.79 Å². The molecular weight excluding hydrogens is 250 g/mol. The first kappa shape index (κ1) is 10.9. The van der Waals surface area contributed by atoms with E-state index < -0.39 is 0 Å². The highest BCUT2D eigenvalue weighted by molar-refractivity contribution is 6.30. The van der Waals surface area contributed by atoms with Gasteiger partial charge in [-0.25, -0.2) is 4.68 Å². The van der Waals surface area contributed by atoms with Crippen molar-refractivity contribution in [1.29, 1.82) is 0 Å². The van der Waals surface area contributed by atoms with Crippen LogP contribution in [0.1, 0.15) is 10.4 Å². The molecule has 0 atom stereocenters. The van der Waals surface area contributed by atoms with Gasteiger partial charge in [0.05, 0.1) is 11.2 Å². The minimum absolute atomic E-state index is 0.484. The van der Waals surface area contributed by atoms with Crippen LogP contribution < -0.4 is 0 Å². The summed E-state index contributed by atoms with van der Waals surface area (Å²) >= 11 is 5.87. The minimum atomic E-state index is 0.484. The first-order chi connectivity index (χ1) is 8.79. The first-order valence-electron chi connectivity index (χ1n) is 5.35. The first-order valence-corrected chi connectivity index (χ1v) is 5.73. The van der Waals surface area contributed by atoms with E-state index in [1.54, 1.807) is 22.9 Å². The lowest BCUT2D eigenvalue weighted by Crippen LogP contribution is -2.01. The van der Waals surface area contributed by atoms with Crippen molar-refractivity contribution in [1.82, 2.24) is 15.0 Å². The third-order valence-electron chi connectivity index (χ3n) is 2.70. The SMILES string of the molecule is O=Cc1cc(Cl)ccc1-n1nnc2ccccc21. The van der Waals surface area contributed by atoms with Gasteiger partial charge >= 0.3 is 0 Å². The zero-order chi connectivity index (χ0) is 12.5. The second-order valence-corrected chi connectivity index (χ2v) is 4.25. The Morgan fingerprint density at radius 1 is 1.17 bits per heavy atom. The second kappa shape index (κ2) is 4.23. The number of para-hydroxylation sites is 1. The molecule has 1 aromatic heterocycles. The van der Waals surface area contributed by atoms with Gasteiger partial charge in [0.15, 0.2) is 6.29 Å². The van der Waals surface area contributed by atoms with E-state index in [0.717, 1.165) is 17.3 Å². The molecule has 0 aliphatic heterocycles. The number of aromatic nitrogens is 3. The molecule has 18 heavy (non-hydrogen) atoms. The number of carbonyl (C=O) groups excluding carboxylic acids is 1. The highest BCUT2D eigenvalue weighted by Gasteiger charge is 2.10. The van der Waals surface area contributed by atoms with Gasteiger partial charge in [-0.05, 0) is 30.3 Å². The summed E-state index contributed by atoms with van der Waals surface area (Å²) in [5, 5.41) is 8.64. The Morgan fingerprint density at radius 2 is 2.00 bits per heavy atom. The molecule has 0 fully saturated rings. The van der Waals surface area contributed by atoms with Crippen molar-refractivity contribution in [3.8, 4) is 5.69 Å². The molecule has 0 N–H and O–H groups in total. The predicted molar refractivity (Wildman–Crippen MR) is 69.3 cm³/mol. The van der Waals surface area contributed by atoms with Gasteiger partial charge in [-0.3, -0.25) is 4.79 Å². The quantitative estimate of drug-likeness (QED) is 0.663. The van der Waals surface area contributed by atoms with Gasteiger partial charge in [0.1, 0.15) is 5.52 Å². The molecule has 3 aromatic rings. The molecule has 2 aromatic carbocycles. The largest absolute Gasteiger partial charge is 0.298 e. The van der Waals surface area contributed by atoms with Crippen molar-refractivity contribution >= 4 is 28.9 Å². The second-order valence-electron chi connectivity index (χ2n) is 3.81. The lowest BCUT2D eigenvalue weighted by Gasteiger charge is -2.05. The van der Waals surface area contributed by atoms with E-state index in [2.05, 4.69) is 10.3 Å². The average Bonchev–Trinajstić information content (AvgIpc) is 2.82. The van der Waals surface area contributed by atoms with Crippen LogP contribution >= 0.6 is 11.6 Å². The molecule has 88 valence electrons. The van der Waals surface area contributed by atoms with E-state index >= 15 is 0 Å². The molecule has 1 heterocycles. The van der Waals surface area contributed by atoms with Gasteiger partial charge < -0.3 is 0 Å². The molecule has 4 nitrogen and oxygen atoms in total. The molecule has 0 aliphatic rings. The van der Waals surface area contributed by atoms with Gasteiger partial charge in [0.25, 0.3) is 0 Å². The topological polar surface area (TPSA) is 47.8 Å². The monoisotopic (exact) mass is 257 g/mol. The van der Waals surface area contributed by atoms with E-state index in [1.165, 1.54) is 0 Å². The standard InChI is InChI=1S/C13H8ClN3O/c14-10-5-6-12(9(7-10)8-18)17-13-4-2-1-3-11(13)15-16-17/h1-8H. The van der Waals surface area contributed by atoms with E-state index in [-0.39, 0.29) is 0 Å². The molecule has 0 bridgehead atoms. The summed E-state index contributed by atoms with van der Waals surface area (Å²) in [7, 11) is 0. The number of nitrogens with zero attached hydrogens (tertiary/aromatic N) is 3. The van der Waals surface area contributed by atoms with E-state index in [0.29, 0.717) is 16.3 Å². The lowest BCUT2D eigenvalue weighted by atomic mass is 10.2. The van der Waals surface area contributed by atoms with Crippen molar-refractivity contribution in [2.75, 3.05) is 0 Å². The van der Waals surface area contributed by atoms with Gasteiger partial charge in [-0.15, -0.1) is 5.10 Å². The summed E-state index contributed by atoms with van der Waals surface area (Å²) < 4.78 is 1.63. The minimum Gasteiger partial charge on any atom is -0.298 e. The Morgan fingerprint density at radius 3 is 2.83 bits per heavy atom. The maximum absolute atomic E-state index is 11.1. The van der Waals surface area contributed by atoms with Gasteiger partial charge in [-0.1, -0.05) is 28.9 Å². The molecule has 0 radical (unpaired) electrons. The van der Waals surface area contributed by atoms with Crippen molar-refractivity contribution in [3.63, 3.8) is 0 Å². The fourth-order valence-corrected chi connectivity index (χ4v) is 2.04. The van der Waals surface area contributed by atoms with Gasteiger partial charge in [-0.2, -0.15) is 0 Å². The number of carbonyl (C=O) groups is 1. The number of rotatable bonds is 2. The highest BCUT2D eigenvalue weighted by Crippen LogP contribution is 2.21. The number of hydrogen-bond acceptors (Lipinski definition) is 3. The molecule has 5 heteroatoms. The molecule has 0 unspecified atom stereocenters. The Kier molecular flexibility index (Phi) is 2.57. The average molecular weight is 258 g/mol. The Hall–Kier alpha value is -2.20. The molecule has 3 rings (SSSR count). The van der Waals surface area contributed by atoms with Crippen LogP contribution in [0.5, 0.6) is 0 Å². The van der Waals surface area contributed by atoms with Gasteiger partial charge in [0.2, 0.25) is 0 Å². The number of fused-ring (bicyclic) bond motifs is 1. The summed E-state index contributed by atoms with van der Waals surface area (Å²) in [6, 6.07) is 12.7. The summed E-state index contributed by atoms with van der Waals surface area (Å²) in [6.07, 6.45) is 0.762. The fraction of sp³-hybridized carbons (Fsp3) is 0. The van der Waals surface area contributed by atoms with Crippen LogP contribution in [0.25, 0.3) is 16.7 Å². The molecule has 0 saturated carbocycles. The summed E-state index contributed by atoms with van der Waals surface area (Å²) in [5.41, 5.74) is 2.79. The zero-order valence-electron chi connectivity index (χ0n) is 9.25. The smallest absolute Gasteiger partial charge is 0.152 e. The predicted octanol–water partition coefficient (Wildman–Crippen LogP) is 2.89. The Labute approximate surface area is 108 Å². The molecule has 0 saturated heterocycles. The Balaban J connectivity index is 2.29. The van der Waals surface area contributed by atoms with Crippen molar-refractivity contribution in [2.24, 2.45) is 0 Å². The van der Waals surface area contributed by atoms with Crippen LogP contribution in [0.4, 0.5) is 0 Å². The van der Waals surface area contributed by atoms with Crippen molar-refractivity contribution in [2.45, 2.75) is 0 Å². The normalized spacial score (nSPS) is 10.7. The lowest BCUT2D eigenvalue weighted by molar-refractivity contribution is 0.112. The third-order valence-corrected chi connectivity index (χ3v) is 2.93. The van der Waals surface area contributed by atoms with Crippen LogP contribution in [0, 0.1) is 0 Å². The van der Waals surface area contributed by atoms with E-state index in [1.807, 2.05) is 24.3 Å². The number of halogens is 1. The molecule has 0 amide bonds. The van der Waals surface area contributed by atoms with Crippen LogP contribution in [-0.2, 0) is 0 Å². The van der Waals surface area contributed by atoms with Gasteiger partial charge in [0, 0.05) is 10.6 Å². The van der Waals surface area contributed by atoms with Crippen molar-refractivity contribution in [3.05, 3.63) is 53.1 Å². The number of hydrogen-bond donors (Lipinski definition) is 0. The Bertz CT molecular complexity index is 736. The molecule has 0 aliphatic carbocycles. The van der Waals surface area contributed by atoms with Crippen LogP contribution in [0.2, 0.25) is 5.02 Å². The number of benzene rings is 2. The molecular formula is C13H8ClN3O. The van der Waals surface area contributed by atoms with E-state index in [4.69, 9.17) is 11.6 Å². The maximum atomic E-state index is 11.1. The fourth-order valence-electron chi connectivity index (χ4n) is 1.86. The number of aldehydes is 1. The summed E-state index contributed by atoms with van der Waals surface area (Å²) in [6.45, 7) is 0. The van der Waals surface area contributed by atoms with Crippen LogP contribution in [0.15, 0.2) is 42.5 Å². The summed E-state index contributed by atoms with van der Waals surface area (Å²) in [5.74, 6) is 0. The third kappa shape index (κ3) is 1.67. The van der Waals surface area contributed by atoms with Crippen LogP contribution in [-0.4, -0.2) is 21.3 Å². The van der Waals surface area contributed by atoms with Crippen LogP contribution in [0.3, 0.4) is 0 Å². The summed E-state index contributed by atoms with van der Waals surface area (Å²) in [4.78, 5) is 11.1. The van der Waals surface area contributed by atoms with E-state index in [9.17, 15) is 4.79 Å².